The van der Waals surface area contributed by atoms with Gasteiger partial charge in [-0.3, -0.25) is 9.59 Å². The second-order valence-corrected chi connectivity index (χ2v) is 9.84. The van der Waals surface area contributed by atoms with Crippen LogP contribution in [-0.4, -0.2) is 11.8 Å². The Labute approximate surface area is 250 Å². The molecule has 5 aromatic rings. The molecular formula is C36H32N2O5. The number of benzene rings is 5. The van der Waals surface area contributed by atoms with E-state index >= 15 is 0 Å². The largest absolute Gasteiger partial charge is 0.485 e. The molecular weight excluding hydrogens is 540 g/mol. The van der Waals surface area contributed by atoms with Crippen LogP contribution in [-0.2, 0) is 24.6 Å². The van der Waals surface area contributed by atoms with E-state index in [0.717, 1.165) is 16.7 Å². The van der Waals surface area contributed by atoms with Gasteiger partial charge in [0.25, 0.3) is 5.91 Å². The number of carbonyl (C=O) groups excluding carboxylic acids is 2. The Morgan fingerprint density at radius 3 is 1.40 bits per heavy atom. The van der Waals surface area contributed by atoms with Gasteiger partial charge >= 0.3 is 0 Å². The number of hydrogen-bond acceptors (Lipinski definition) is 5. The molecule has 0 fully saturated rings. The Kier molecular flexibility index (Phi) is 9.67. The average molecular weight is 573 g/mol. The molecule has 5 aromatic carbocycles. The number of nitrogens with two attached hydrogens (primary N) is 1. The van der Waals surface area contributed by atoms with Crippen LogP contribution in [0.4, 0.5) is 0 Å². The number of nitrogens with one attached hydrogen (secondary N) is 1. The number of ether oxygens (including phenoxy) is 3. The molecule has 1 atom stereocenters. The highest BCUT2D eigenvalue weighted by atomic mass is 16.5. The quantitative estimate of drug-likeness (QED) is 0.171. The molecule has 0 aliphatic rings. The summed E-state index contributed by atoms with van der Waals surface area (Å²) in [5, 5.41) is 2.76. The van der Waals surface area contributed by atoms with Crippen molar-refractivity contribution in [3.63, 3.8) is 0 Å². The van der Waals surface area contributed by atoms with Gasteiger partial charge in [0.05, 0.1) is 0 Å². The number of primary amides is 1. The van der Waals surface area contributed by atoms with E-state index in [1.165, 1.54) is 0 Å². The van der Waals surface area contributed by atoms with Crippen LogP contribution in [0, 0.1) is 0 Å². The molecule has 0 heterocycles. The van der Waals surface area contributed by atoms with E-state index in [-0.39, 0.29) is 25.4 Å². The molecule has 216 valence electrons. The summed E-state index contributed by atoms with van der Waals surface area (Å²) in [5.74, 6) is -0.182. The smallest absolute Gasteiger partial charge is 0.252 e. The predicted octanol–water partition coefficient (Wildman–Crippen LogP) is 6.38. The van der Waals surface area contributed by atoms with Crippen LogP contribution in [0.25, 0.3) is 0 Å². The maximum atomic E-state index is 13.6. The van der Waals surface area contributed by atoms with Crippen molar-refractivity contribution in [3.8, 4) is 17.2 Å². The third-order valence-electron chi connectivity index (χ3n) is 6.68. The number of carbonyl (C=O) groups is 2. The molecule has 0 radical (unpaired) electrons. The van der Waals surface area contributed by atoms with Crippen molar-refractivity contribution in [2.24, 2.45) is 5.73 Å². The van der Waals surface area contributed by atoms with Gasteiger partial charge in [-0.15, -0.1) is 0 Å². The van der Waals surface area contributed by atoms with Crippen molar-refractivity contribution in [1.82, 2.24) is 5.32 Å². The minimum absolute atomic E-state index is 0.223. The lowest BCUT2D eigenvalue weighted by molar-refractivity contribution is -0.120. The van der Waals surface area contributed by atoms with E-state index in [1.807, 2.05) is 97.1 Å². The van der Waals surface area contributed by atoms with Gasteiger partial charge in [-0.2, -0.15) is 0 Å². The Balaban J connectivity index is 1.51. The molecule has 0 unspecified atom stereocenters. The van der Waals surface area contributed by atoms with Gasteiger partial charge in [0.1, 0.15) is 25.9 Å². The first kappa shape index (κ1) is 29.0. The number of amides is 2. The van der Waals surface area contributed by atoms with Crippen LogP contribution >= 0.6 is 0 Å². The van der Waals surface area contributed by atoms with Crippen molar-refractivity contribution in [2.45, 2.75) is 25.9 Å². The zero-order valence-corrected chi connectivity index (χ0v) is 23.5. The third kappa shape index (κ3) is 8.01. The van der Waals surface area contributed by atoms with Gasteiger partial charge in [0.15, 0.2) is 11.5 Å². The molecule has 7 nitrogen and oxygen atoms in total. The molecule has 0 bridgehead atoms. The Morgan fingerprint density at radius 1 is 0.581 bits per heavy atom. The summed E-state index contributed by atoms with van der Waals surface area (Å²) >= 11 is 0. The lowest BCUT2D eigenvalue weighted by atomic mass is 10.1. The summed E-state index contributed by atoms with van der Waals surface area (Å²) in [6, 6.07) is 40.1. The molecule has 0 aliphatic heterocycles. The van der Waals surface area contributed by atoms with E-state index < -0.39 is 17.9 Å². The molecule has 0 saturated carbocycles. The minimum atomic E-state index is -1.02. The van der Waals surface area contributed by atoms with Gasteiger partial charge < -0.3 is 25.3 Å². The summed E-state index contributed by atoms with van der Waals surface area (Å²) in [4.78, 5) is 25.9. The van der Waals surface area contributed by atoms with Gasteiger partial charge in [0, 0.05) is 5.56 Å². The highest BCUT2D eigenvalue weighted by molar-refractivity contribution is 5.98. The fourth-order valence-corrected chi connectivity index (χ4v) is 4.44. The summed E-state index contributed by atoms with van der Waals surface area (Å²) < 4.78 is 18.8. The van der Waals surface area contributed by atoms with Crippen molar-refractivity contribution in [3.05, 3.63) is 161 Å². The monoisotopic (exact) mass is 572 g/mol. The van der Waals surface area contributed by atoms with E-state index in [9.17, 15) is 9.59 Å². The van der Waals surface area contributed by atoms with Gasteiger partial charge in [0.2, 0.25) is 11.7 Å². The van der Waals surface area contributed by atoms with Crippen LogP contribution < -0.4 is 25.3 Å². The zero-order chi connectivity index (χ0) is 29.9. The summed E-state index contributed by atoms with van der Waals surface area (Å²) in [7, 11) is 0. The highest BCUT2D eigenvalue weighted by Crippen LogP contribution is 2.40. The first-order valence-electron chi connectivity index (χ1n) is 13.9. The Bertz CT molecular complexity index is 1560. The first-order valence-corrected chi connectivity index (χ1v) is 13.9. The van der Waals surface area contributed by atoms with Gasteiger partial charge in [-0.1, -0.05) is 121 Å². The van der Waals surface area contributed by atoms with Gasteiger partial charge in [-0.25, -0.2) is 0 Å². The highest BCUT2D eigenvalue weighted by Gasteiger charge is 2.24. The lowest BCUT2D eigenvalue weighted by Crippen LogP contribution is -2.37. The summed E-state index contributed by atoms with van der Waals surface area (Å²) in [6.45, 7) is 0.729. The lowest BCUT2D eigenvalue weighted by Gasteiger charge is -2.20. The second kappa shape index (κ2) is 14.4. The van der Waals surface area contributed by atoms with E-state index in [0.29, 0.717) is 22.8 Å². The van der Waals surface area contributed by atoms with Crippen LogP contribution in [0.15, 0.2) is 133 Å². The van der Waals surface area contributed by atoms with Crippen LogP contribution in [0.5, 0.6) is 17.2 Å². The number of hydrogen-bond donors (Lipinski definition) is 2. The first-order chi connectivity index (χ1) is 21.1. The Hall–Kier alpha value is -5.56. The molecule has 3 N–H and O–H groups in total. The summed E-state index contributed by atoms with van der Waals surface area (Å²) in [6.07, 6.45) is 0. The van der Waals surface area contributed by atoms with Gasteiger partial charge in [-0.05, 0) is 34.4 Å². The summed E-state index contributed by atoms with van der Waals surface area (Å²) in [5.41, 5.74) is 9.31. The van der Waals surface area contributed by atoms with Crippen LogP contribution in [0.1, 0.15) is 38.7 Å². The Morgan fingerprint density at radius 2 is 0.977 bits per heavy atom. The average Bonchev–Trinajstić information content (AvgIpc) is 3.06. The van der Waals surface area contributed by atoms with Crippen LogP contribution in [0.3, 0.4) is 0 Å². The van der Waals surface area contributed by atoms with E-state index in [4.69, 9.17) is 19.9 Å². The van der Waals surface area contributed by atoms with Crippen molar-refractivity contribution >= 4 is 11.8 Å². The number of rotatable bonds is 13. The molecule has 43 heavy (non-hydrogen) atoms. The SMILES string of the molecule is NC(=O)[C@@H](NC(=O)c1cc(OCc2ccccc2)c(OCc2ccccc2)c(OCc2ccccc2)c1)c1ccccc1. The van der Waals surface area contributed by atoms with Crippen molar-refractivity contribution in [1.29, 1.82) is 0 Å². The van der Waals surface area contributed by atoms with E-state index in [2.05, 4.69) is 5.32 Å². The van der Waals surface area contributed by atoms with Crippen molar-refractivity contribution < 1.29 is 23.8 Å². The second-order valence-electron chi connectivity index (χ2n) is 9.84. The fourth-order valence-electron chi connectivity index (χ4n) is 4.44. The molecule has 5 rings (SSSR count). The fraction of sp³-hybridized carbons (Fsp3) is 0.111. The minimum Gasteiger partial charge on any atom is -0.485 e. The van der Waals surface area contributed by atoms with E-state index in [1.54, 1.807) is 36.4 Å². The topological polar surface area (TPSA) is 99.9 Å². The molecule has 7 heteroatoms. The maximum absolute atomic E-state index is 13.6. The molecule has 0 aromatic heterocycles. The zero-order valence-electron chi connectivity index (χ0n) is 23.5. The molecule has 0 aliphatic carbocycles. The third-order valence-corrected chi connectivity index (χ3v) is 6.68. The standard InChI is InChI=1S/C36H32N2O5/c37-35(39)33(29-19-11-4-12-20-29)38-36(40)30-21-31(41-23-26-13-5-1-6-14-26)34(43-25-28-17-9-3-10-18-28)32(22-30)42-24-27-15-7-2-8-16-27/h1-22,33H,23-25H2,(H2,37,39)(H,38,40)/t33-/m0/s1. The molecule has 0 spiro atoms. The van der Waals surface area contributed by atoms with Crippen LogP contribution in [0.2, 0.25) is 0 Å². The predicted molar refractivity (Wildman–Crippen MR) is 165 cm³/mol. The molecule has 0 saturated heterocycles. The van der Waals surface area contributed by atoms with Crippen molar-refractivity contribution in [2.75, 3.05) is 0 Å². The molecule has 2 amide bonds. The maximum Gasteiger partial charge on any atom is 0.252 e. The normalized spacial score (nSPS) is 11.3.